The Kier molecular flexibility index (Phi) is 4.07. The molecule has 0 aliphatic heterocycles. The number of amides is 1. The minimum Gasteiger partial charge on any atom is -0.349 e. The zero-order valence-corrected chi connectivity index (χ0v) is 13.9. The summed E-state index contributed by atoms with van der Waals surface area (Å²) in [4.78, 5) is 27.3. The van der Waals surface area contributed by atoms with Crippen molar-refractivity contribution in [2.45, 2.75) is 44.2 Å². The first-order valence-corrected chi connectivity index (χ1v) is 8.90. The first-order chi connectivity index (χ1) is 12.0. The number of nitrogens with one attached hydrogen (secondary N) is 2. The second kappa shape index (κ2) is 6.26. The minimum absolute atomic E-state index is 0.107. The van der Waals surface area contributed by atoms with E-state index in [-0.39, 0.29) is 18.0 Å². The van der Waals surface area contributed by atoms with Crippen LogP contribution in [0.1, 0.15) is 42.5 Å². The summed E-state index contributed by atoms with van der Waals surface area (Å²) in [6.45, 7) is 0. The predicted molar refractivity (Wildman–Crippen MR) is 93.8 cm³/mol. The van der Waals surface area contributed by atoms with Crippen molar-refractivity contribution in [1.29, 1.82) is 0 Å². The smallest absolute Gasteiger partial charge is 0.252 e. The highest BCUT2D eigenvalue weighted by Gasteiger charge is 2.40. The SMILES string of the molecule is NC1CC2CCCC(C1)C2NC(=O)c1cc(=O)[nH]c2cc(F)ccc12. The second-order valence-corrected chi connectivity index (χ2v) is 7.42. The van der Waals surface area contributed by atoms with Crippen LogP contribution in [0.2, 0.25) is 0 Å². The topological polar surface area (TPSA) is 88.0 Å². The average molecular weight is 343 g/mol. The zero-order valence-electron chi connectivity index (χ0n) is 13.9. The summed E-state index contributed by atoms with van der Waals surface area (Å²) < 4.78 is 13.4. The molecule has 0 radical (unpaired) electrons. The molecule has 2 aliphatic rings. The number of halogens is 1. The van der Waals surface area contributed by atoms with Crippen LogP contribution in [0, 0.1) is 17.7 Å². The summed E-state index contributed by atoms with van der Waals surface area (Å²) in [6, 6.07) is 5.68. The third kappa shape index (κ3) is 3.06. The standard InChI is InChI=1S/C19H22FN3O2/c20-12-4-5-14-15(9-17(24)22-16(14)8-12)19(25)23-18-10-2-1-3-11(18)7-13(21)6-10/h4-5,8-11,13,18H,1-3,6-7,21H2,(H,22,24)(H,23,25). The van der Waals surface area contributed by atoms with E-state index >= 15 is 0 Å². The second-order valence-electron chi connectivity index (χ2n) is 7.42. The lowest BCUT2D eigenvalue weighted by molar-refractivity contribution is 0.0757. The molecule has 4 N–H and O–H groups in total. The largest absolute Gasteiger partial charge is 0.349 e. The molecule has 2 atom stereocenters. The number of pyridine rings is 1. The van der Waals surface area contributed by atoms with Gasteiger partial charge in [-0.1, -0.05) is 6.42 Å². The number of hydrogen-bond acceptors (Lipinski definition) is 3. The van der Waals surface area contributed by atoms with Crippen LogP contribution in [0.4, 0.5) is 4.39 Å². The monoisotopic (exact) mass is 343 g/mol. The van der Waals surface area contributed by atoms with Crippen molar-refractivity contribution < 1.29 is 9.18 Å². The van der Waals surface area contributed by atoms with Gasteiger partial charge >= 0.3 is 0 Å². The van der Waals surface area contributed by atoms with E-state index < -0.39 is 11.4 Å². The van der Waals surface area contributed by atoms with Crippen LogP contribution in [0.15, 0.2) is 29.1 Å². The Labute approximate surface area is 144 Å². The maximum absolute atomic E-state index is 13.4. The number of aromatic nitrogens is 1. The molecule has 2 aliphatic carbocycles. The van der Waals surface area contributed by atoms with Gasteiger partial charge in [-0.3, -0.25) is 9.59 Å². The van der Waals surface area contributed by atoms with Crippen molar-refractivity contribution in [2.24, 2.45) is 17.6 Å². The number of carbonyl (C=O) groups excluding carboxylic acids is 1. The van der Waals surface area contributed by atoms with Crippen LogP contribution >= 0.6 is 0 Å². The van der Waals surface area contributed by atoms with Crippen molar-refractivity contribution in [3.63, 3.8) is 0 Å². The molecule has 132 valence electrons. The Bertz CT molecular complexity index is 865. The number of benzene rings is 1. The molecular formula is C19H22FN3O2. The molecule has 2 bridgehead atoms. The van der Waals surface area contributed by atoms with E-state index in [1.54, 1.807) is 0 Å². The van der Waals surface area contributed by atoms with Gasteiger partial charge in [-0.25, -0.2) is 4.39 Å². The summed E-state index contributed by atoms with van der Waals surface area (Å²) in [5.74, 6) is 0.0888. The van der Waals surface area contributed by atoms with Gasteiger partial charge in [-0.15, -0.1) is 0 Å². The zero-order chi connectivity index (χ0) is 17.6. The maximum Gasteiger partial charge on any atom is 0.252 e. The number of nitrogens with two attached hydrogens (primary N) is 1. The first-order valence-electron chi connectivity index (χ1n) is 8.90. The fraction of sp³-hybridized carbons (Fsp3) is 0.474. The molecule has 2 saturated carbocycles. The van der Waals surface area contributed by atoms with Gasteiger partial charge in [0.15, 0.2) is 0 Å². The molecule has 5 nitrogen and oxygen atoms in total. The van der Waals surface area contributed by atoms with Crippen LogP contribution in [-0.4, -0.2) is 23.0 Å². The lowest BCUT2D eigenvalue weighted by Crippen LogP contribution is -2.53. The van der Waals surface area contributed by atoms with Crippen molar-refractivity contribution in [3.05, 3.63) is 46.0 Å². The van der Waals surface area contributed by atoms with Gasteiger partial charge in [0.2, 0.25) is 5.56 Å². The number of carbonyl (C=O) groups is 1. The van der Waals surface area contributed by atoms with E-state index in [9.17, 15) is 14.0 Å². The Morgan fingerprint density at radius 1 is 1.20 bits per heavy atom. The molecule has 1 amide bonds. The fourth-order valence-electron chi connectivity index (χ4n) is 4.67. The van der Waals surface area contributed by atoms with E-state index in [0.29, 0.717) is 28.3 Å². The first kappa shape index (κ1) is 16.3. The molecule has 4 rings (SSSR count). The highest BCUT2D eigenvalue weighted by molar-refractivity contribution is 6.06. The van der Waals surface area contributed by atoms with E-state index in [1.165, 1.54) is 30.7 Å². The lowest BCUT2D eigenvalue weighted by atomic mass is 9.67. The Morgan fingerprint density at radius 3 is 2.64 bits per heavy atom. The van der Waals surface area contributed by atoms with Gasteiger partial charge in [-0.05, 0) is 55.7 Å². The Hall–Kier alpha value is -2.21. The number of aromatic amines is 1. The normalized spacial score (nSPS) is 28.7. The van der Waals surface area contributed by atoms with Gasteiger partial charge in [0.25, 0.3) is 5.91 Å². The Balaban J connectivity index is 1.65. The highest BCUT2D eigenvalue weighted by atomic mass is 19.1. The van der Waals surface area contributed by atoms with Crippen molar-refractivity contribution in [3.8, 4) is 0 Å². The van der Waals surface area contributed by atoms with Crippen LogP contribution < -0.4 is 16.6 Å². The van der Waals surface area contributed by atoms with Crippen LogP contribution in [0.5, 0.6) is 0 Å². The maximum atomic E-state index is 13.4. The molecule has 2 aromatic rings. The molecule has 1 aromatic heterocycles. The molecule has 0 saturated heterocycles. The molecule has 6 heteroatoms. The predicted octanol–water partition coefficient (Wildman–Crippen LogP) is 2.30. The number of fused-ring (bicyclic) bond motifs is 3. The molecule has 1 heterocycles. The lowest BCUT2D eigenvalue weighted by Gasteiger charge is -2.45. The molecule has 25 heavy (non-hydrogen) atoms. The van der Waals surface area contributed by atoms with Crippen molar-refractivity contribution in [2.75, 3.05) is 0 Å². The summed E-state index contributed by atoms with van der Waals surface area (Å²) in [5, 5.41) is 3.70. The van der Waals surface area contributed by atoms with Crippen molar-refractivity contribution in [1.82, 2.24) is 10.3 Å². The number of hydrogen-bond donors (Lipinski definition) is 3. The fourth-order valence-corrected chi connectivity index (χ4v) is 4.67. The summed E-state index contributed by atoms with van der Waals surface area (Å²) in [5.41, 5.74) is 6.37. The number of H-pyrrole nitrogens is 1. The molecule has 2 fully saturated rings. The van der Waals surface area contributed by atoms with E-state index in [1.807, 2.05) is 0 Å². The summed E-state index contributed by atoms with van der Waals surface area (Å²) >= 11 is 0. The van der Waals surface area contributed by atoms with Crippen molar-refractivity contribution >= 4 is 16.8 Å². The summed E-state index contributed by atoms with van der Waals surface area (Å²) in [6.07, 6.45) is 5.21. The number of rotatable bonds is 2. The van der Waals surface area contributed by atoms with Crippen LogP contribution in [0.3, 0.4) is 0 Å². The van der Waals surface area contributed by atoms with E-state index in [4.69, 9.17) is 5.73 Å². The summed E-state index contributed by atoms with van der Waals surface area (Å²) in [7, 11) is 0. The van der Waals surface area contributed by atoms with Crippen LogP contribution in [0.25, 0.3) is 10.9 Å². The average Bonchev–Trinajstić information content (AvgIpc) is 2.54. The molecule has 1 aromatic carbocycles. The minimum atomic E-state index is -0.448. The van der Waals surface area contributed by atoms with E-state index in [2.05, 4.69) is 10.3 Å². The van der Waals surface area contributed by atoms with Gasteiger partial charge in [0.05, 0.1) is 11.1 Å². The molecule has 0 spiro atoms. The van der Waals surface area contributed by atoms with Crippen LogP contribution in [-0.2, 0) is 0 Å². The third-order valence-electron chi connectivity index (χ3n) is 5.72. The quantitative estimate of drug-likeness (QED) is 0.782. The van der Waals surface area contributed by atoms with Gasteiger partial charge < -0.3 is 16.0 Å². The Morgan fingerprint density at radius 2 is 1.92 bits per heavy atom. The van der Waals surface area contributed by atoms with Gasteiger partial charge in [-0.2, -0.15) is 0 Å². The highest BCUT2D eigenvalue weighted by Crippen LogP contribution is 2.39. The van der Waals surface area contributed by atoms with Gasteiger partial charge in [0, 0.05) is 23.5 Å². The van der Waals surface area contributed by atoms with E-state index in [0.717, 1.165) is 25.7 Å². The molecule has 2 unspecified atom stereocenters. The van der Waals surface area contributed by atoms with Gasteiger partial charge in [0.1, 0.15) is 5.82 Å². The third-order valence-corrected chi connectivity index (χ3v) is 5.72. The molecular weight excluding hydrogens is 321 g/mol.